The number of anilines is 1. The lowest BCUT2D eigenvalue weighted by Gasteiger charge is -2.44. The van der Waals surface area contributed by atoms with Gasteiger partial charge in [-0.15, -0.1) is 0 Å². The topological polar surface area (TPSA) is 43.9 Å². The lowest BCUT2D eigenvalue weighted by Crippen LogP contribution is -2.55. The Hall–Kier alpha value is -4.57. The van der Waals surface area contributed by atoms with Crippen LogP contribution in [0.25, 0.3) is 11.1 Å². The fraction of sp³-hybridized carbons (Fsp3) is 0.395. The highest BCUT2D eigenvalue weighted by atomic mass is 19.4. The normalized spacial score (nSPS) is 14.5. The van der Waals surface area contributed by atoms with Crippen molar-refractivity contribution in [1.29, 1.82) is 0 Å². The second kappa shape index (κ2) is 17.1. The number of ketones is 1. The number of nitrogens with zero attached hydrogens (tertiary/aromatic N) is 3. The third-order valence-corrected chi connectivity index (χ3v) is 10.3. The molecule has 0 spiro atoms. The fourth-order valence-corrected chi connectivity index (χ4v) is 7.18. The van der Waals surface area contributed by atoms with Crippen LogP contribution in [0.5, 0.6) is 0 Å². The first kappa shape index (κ1) is 39.6. The van der Waals surface area contributed by atoms with Gasteiger partial charge < -0.3 is 9.80 Å². The molecule has 5 rings (SSSR count). The summed E-state index contributed by atoms with van der Waals surface area (Å²) in [6.07, 6.45) is -0.452. The predicted octanol–water partition coefficient (Wildman–Crippen LogP) is 9.97. The number of carbonyl (C=O) groups excluding carboxylic acids is 2. The van der Waals surface area contributed by atoms with Gasteiger partial charge in [-0.1, -0.05) is 67.1 Å². The number of likely N-dealkylation sites (tertiary alicyclic amines) is 1. The molecule has 0 aliphatic carbocycles. The average Bonchev–Trinajstić information content (AvgIpc) is 3.14. The Labute approximate surface area is 309 Å². The molecule has 53 heavy (non-hydrogen) atoms. The number of hydrogen-bond acceptors (Lipinski definition) is 4. The molecular formula is C43H48F5N3O2. The summed E-state index contributed by atoms with van der Waals surface area (Å²) in [5.41, 5.74) is 2.50. The van der Waals surface area contributed by atoms with Gasteiger partial charge in [0.15, 0.2) is 17.4 Å². The molecule has 1 fully saturated rings. The molecule has 5 nitrogen and oxygen atoms in total. The molecule has 10 heteroatoms. The lowest BCUT2D eigenvalue weighted by atomic mass is 9.97. The van der Waals surface area contributed by atoms with Crippen LogP contribution in [0.4, 0.5) is 27.6 Å². The number of alkyl halides is 3. The van der Waals surface area contributed by atoms with Gasteiger partial charge in [0, 0.05) is 35.9 Å². The van der Waals surface area contributed by atoms with Crippen molar-refractivity contribution >= 4 is 17.4 Å². The van der Waals surface area contributed by atoms with Gasteiger partial charge in [0.1, 0.15) is 0 Å². The van der Waals surface area contributed by atoms with E-state index >= 15 is 0 Å². The summed E-state index contributed by atoms with van der Waals surface area (Å²) in [7, 11) is 0. The molecule has 1 unspecified atom stereocenters. The lowest BCUT2D eigenvalue weighted by molar-refractivity contribution is -0.137. The van der Waals surface area contributed by atoms with Crippen LogP contribution in [0.3, 0.4) is 0 Å². The van der Waals surface area contributed by atoms with E-state index in [2.05, 4.69) is 18.7 Å². The van der Waals surface area contributed by atoms with E-state index < -0.39 is 23.4 Å². The van der Waals surface area contributed by atoms with Crippen molar-refractivity contribution in [3.63, 3.8) is 0 Å². The molecule has 1 aliphatic rings. The number of benzene rings is 4. The van der Waals surface area contributed by atoms with Crippen LogP contribution in [0.1, 0.15) is 80.4 Å². The second-order valence-electron chi connectivity index (χ2n) is 14.7. The van der Waals surface area contributed by atoms with Gasteiger partial charge in [-0.2, -0.15) is 13.2 Å². The molecule has 1 atom stereocenters. The van der Waals surface area contributed by atoms with Crippen LogP contribution in [0.15, 0.2) is 91.0 Å². The third kappa shape index (κ3) is 10.1. The SMILES string of the molecule is CC(=O)c1ccccc1N(CC(=O)N(Cc1ccc(-c2ccc(C(F)(F)F)cc2)cc1)CC(C)(C)N1CCCCC1)C(C)CCc1cccc(F)c1F. The van der Waals surface area contributed by atoms with E-state index in [0.717, 1.165) is 55.3 Å². The molecule has 4 aromatic rings. The fourth-order valence-electron chi connectivity index (χ4n) is 7.18. The van der Waals surface area contributed by atoms with Crippen molar-refractivity contribution in [2.45, 2.75) is 84.1 Å². The van der Waals surface area contributed by atoms with Crippen LogP contribution in [-0.2, 0) is 23.9 Å². The zero-order valence-corrected chi connectivity index (χ0v) is 30.9. The van der Waals surface area contributed by atoms with Gasteiger partial charge in [-0.25, -0.2) is 8.78 Å². The van der Waals surface area contributed by atoms with Crippen LogP contribution >= 0.6 is 0 Å². The Bertz CT molecular complexity index is 1850. The number of amides is 1. The molecular weight excluding hydrogens is 685 g/mol. The monoisotopic (exact) mass is 733 g/mol. The van der Waals surface area contributed by atoms with E-state index in [9.17, 15) is 31.5 Å². The highest BCUT2D eigenvalue weighted by Gasteiger charge is 2.33. The zero-order valence-electron chi connectivity index (χ0n) is 30.9. The Morgan fingerprint density at radius 1 is 0.811 bits per heavy atom. The summed E-state index contributed by atoms with van der Waals surface area (Å²) in [6, 6.07) is 23.4. The van der Waals surface area contributed by atoms with Crippen molar-refractivity contribution in [2.24, 2.45) is 0 Å². The molecule has 0 radical (unpaired) electrons. The van der Waals surface area contributed by atoms with Crippen LogP contribution in [0.2, 0.25) is 0 Å². The van der Waals surface area contributed by atoms with E-state index in [0.29, 0.717) is 29.8 Å². The maximum Gasteiger partial charge on any atom is 0.416 e. The van der Waals surface area contributed by atoms with Crippen molar-refractivity contribution in [3.8, 4) is 11.1 Å². The Balaban J connectivity index is 1.43. The van der Waals surface area contributed by atoms with Crippen molar-refractivity contribution < 1.29 is 31.5 Å². The number of carbonyl (C=O) groups is 2. The minimum atomic E-state index is -4.42. The maximum atomic E-state index is 14.6. The van der Waals surface area contributed by atoms with E-state index in [4.69, 9.17) is 0 Å². The van der Waals surface area contributed by atoms with Crippen LogP contribution in [-0.4, -0.2) is 59.3 Å². The number of hydrogen-bond donors (Lipinski definition) is 0. The molecule has 0 bridgehead atoms. The zero-order chi connectivity index (χ0) is 38.3. The summed E-state index contributed by atoms with van der Waals surface area (Å²) in [4.78, 5) is 33.6. The molecule has 0 aromatic heterocycles. The summed E-state index contributed by atoms with van der Waals surface area (Å²) in [6.45, 7) is 10.2. The first-order valence-electron chi connectivity index (χ1n) is 18.2. The Kier molecular flexibility index (Phi) is 12.8. The molecule has 282 valence electrons. The van der Waals surface area contributed by atoms with Gasteiger partial charge in [0.2, 0.25) is 5.91 Å². The number of halogens is 5. The minimum Gasteiger partial charge on any atom is -0.359 e. The van der Waals surface area contributed by atoms with Gasteiger partial charge >= 0.3 is 6.18 Å². The first-order valence-corrected chi connectivity index (χ1v) is 18.2. The van der Waals surface area contributed by atoms with E-state index in [1.54, 1.807) is 18.2 Å². The molecule has 1 amide bonds. The van der Waals surface area contributed by atoms with Gasteiger partial charge in [0.05, 0.1) is 12.1 Å². The summed E-state index contributed by atoms with van der Waals surface area (Å²) in [5, 5.41) is 0. The second-order valence-corrected chi connectivity index (χ2v) is 14.7. The summed E-state index contributed by atoms with van der Waals surface area (Å²) < 4.78 is 68.0. The molecule has 0 N–H and O–H groups in total. The largest absolute Gasteiger partial charge is 0.416 e. The minimum absolute atomic E-state index is 0.0587. The highest BCUT2D eigenvalue weighted by molar-refractivity contribution is 6.00. The highest BCUT2D eigenvalue weighted by Crippen LogP contribution is 2.32. The van der Waals surface area contributed by atoms with Gasteiger partial charge in [-0.05, 0) is 119 Å². The van der Waals surface area contributed by atoms with E-state index in [1.165, 1.54) is 31.5 Å². The number of aryl methyl sites for hydroxylation is 1. The number of Topliss-reactive ketones (excluding diaryl/α,β-unsaturated/α-hetero) is 1. The average molecular weight is 734 g/mol. The Morgan fingerprint density at radius 2 is 1.43 bits per heavy atom. The van der Waals surface area contributed by atoms with Gasteiger partial charge in [-0.3, -0.25) is 14.5 Å². The molecule has 4 aromatic carbocycles. The quantitative estimate of drug-likeness (QED) is 0.0957. The van der Waals surface area contributed by atoms with E-state index in [-0.39, 0.29) is 48.3 Å². The summed E-state index contributed by atoms with van der Waals surface area (Å²) in [5.74, 6) is -2.12. The maximum absolute atomic E-state index is 14.6. The summed E-state index contributed by atoms with van der Waals surface area (Å²) >= 11 is 0. The van der Waals surface area contributed by atoms with Gasteiger partial charge in [0.25, 0.3) is 0 Å². The number of para-hydroxylation sites is 1. The standard InChI is InChI=1S/C43H48F5N3O2/c1-30(15-18-35-11-10-13-38(44)41(35)45)51(39-14-7-6-12-37(39)31(2)52)28-40(53)49(29-42(3,4)50-25-8-5-9-26-50)27-32-16-19-33(20-17-32)34-21-23-36(24-22-34)43(46,47)48/h6-7,10-14,16-17,19-24,30H,5,8-9,15,18,25-29H2,1-4H3. The van der Waals surface area contributed by atoms with Crippen LogP contribution < -0.4 is 4.90 Å². The smallest absolute Gasteiger partial charge is 0.359 e. The predicted molar refractivity (Wildman–Crippen MR) is 200 cm³/mol. The number of piperidine rings is 1. The van der Waals surface area contributed by atoms with Crippen molar-refractivity contribution in [1.82, 2.24) is 9.80 Å². The molecule has 0 saturated carbocycles. The van der Waals surface area contributed by atoms with E-state index in [1.807, 2.05) is 53.1 Å². The van der Waals surface area contributed by atoms with Crippen molar-refractivity contribution in [2.75, 3.05) is 31.1 Å². The molecule has 1 aliphatic heterocycles. The third-order valence-electron chi connectivity index (χ3n) is 10.3. The van der Waals surface area contributed by atoms with Crippen LogP contribution in [0, 0.1) is 11.6 Å². The Morgan fingerprint density at radius 3 is 2.06 bits per heavy atom. The molecule has 1 heterocycles. The molecule has 1 saturated heterocycles. The first-order chi connectivity index (χ1) is 25.1. The number of rotatable bonds is 14. The van der Waals surface area contributed by atoms with Crippen molar-refractivity contribution in [3.05, 3.63) is 125 Å².